The van der Waals surface area contributed by atoms with Crippen molar-refractivity contribution >= 4 is 17.4 Å². The van der Waals surface area contributed by atoms with Crippen molar-refractivity contribution in [1.82, 2.24) is 9.88 Å². The number of nitrogens with two attached hydrogens (primary N) is 2. The third kappa shape index (κ3) is 6.32. The first-order valence-electron chi connectivity index (χ1n) is 8.85. The lowest BCUT2D eigenvalue weighted by Crippen LogP contribution is -2.44. The molecule has 9 heteroatoms. The Hall–Kier alpha value is -2.10. The number of piperazine rings is 1. The van der Waals surface area contributed by atoms with Gasteiger partial charge in [0.2, 0.25) is 11.8 Å². The molecule has 1 aliphatic rings. The van der Waals surface area contributed by atoms with Gasteiger partial charge in [-0.2, -0.15) is 4.98 Å². The molecule has 9 nitrogen and oxygen atoms in total. The van der Waals surface area contributed by atoms with Gasteiger partial charge in [0, 0.05) is 57.6 Å². The van der Waals surface area contributed by atoms with Gasteiger partial charge in [0.1, 0.15) is 12.4 Å². The number of pyridine rings is 1. The topological polar surface area (TPSA) is 110 Å². The molecule has 1 amide bonds. The zero-order chi connectivity index (χ0) is 18.9. The van der Waals surface area contributed by atoms with E-state index in [2.05, 4.69) is 21.8 Å². The van der Waals surface area contributed by atoms with Crippen molar-refractivity contribution in [1.29, 1.82) is 0 Å². The molecule has 1 aromatic rings. The monoisotopic (exact) mass is 366 g/mol. The van der Waals surface area contributed by atoms with Crippen molar-refractivity contribution < 1.29 is 14.3 Å². The highest BCUT2D eigenvalue weighted by Crippen LogP contribution is 2.26. The maximum atomic E-state index is 11.2. The zero-order valence-electron chi connectivity index (χ0n) is 15.7. The molecule has 0 atom stereocenters. The van der Waals surface area contributed by atoms with E-state index in [-0.39, 0.29) is 6.54 Å². The highest BCUT2D eigenvalue weighted by atomic mass is 16.5. The minimum Gasteiger partial charge on any atom is -0.475 e. The first kappa shape index (κ1) is 20.2. The summed E-state index contributed by atoms with van der Waals surface area (Å²) in [6.07, 6.45) is 0. The van der Waals surface area contributed by atoms with Crippen LogP contribution in [-0.4, -0.2) is 89.0 Å². The predicted molar refractivity (Wildman–Crippen MR) is 102 cm³/mol. The number of hydrogen-bond acceptors (Lipinski definition) is 8. The van der Waals surface area contributed by atoms with Gasteiger partial charge in [-0.1, -0.05) is 0 Å². The number of ether oxygens (including phenoxy) is 2. The third-order valence-electron chi connectivity index (χ3n) is 4.17. The number of rotatable bonds is 10. The van der Waals surface area contributed by atoms with Crippen LogP contribution in [0.5, 0.6) is 5.88 Å². The van der Waals surface area contributed by atoms with E-state index in [0.29, 0.717) is 38.1 Å². The molecule has 0 aromatic carbocycles. The van der Waals surface area contributed by atoms with Crippen molar-refractivity contribution in [2.45, 2.75) is 0 Å². The second-order valence-electron chi connectivity index (χ2n) is 6.38. The second-order valence-corrected chi connectivity index (χ2v) is 6.38. The zero-order valence-corrected chi connectivity index (χ0v) is 15.7. The minimum atomic E-state index is -0.406. The summed E-state index contributed by atoms with van der Waals surface area (Å²) in [5.74, 6) is 0.749. The Morgan fingerprint density at radius 3 is 2.62 bits per heavy atom. The summed E-state index contributed by atoms with van der Waals surface area (Å²) in [4.78, 5) is 22.0. The second kappa shape index (κ2) is 10.1. The fourth-order valence-electron chi connectivity index (χ4n) is 2.70. The van der Waals surface area contributed by atoms with Crippen molar-refractivity contribution in [3.63, 3.8) is 0 Å². The van der Waals surface area contributed by atoms with Gasteiger partial charge in [0.05, 0.1) is 19.8 Å². The van der Waals surface area contributed by atoms with Gasteiger partial charge >= 0.3 is 0 Å². The van der Waals surface area contributed by atoms with Gasteiger partial charge in [-0.3, -0.25) is 4.79 Å². The van der Waals surface area contributed by atoms with Crippen molar-refractivity contribution in [3.05, 3.63) is 12.1 Å². The average Bonchev–Trinajstić information content (AvgIpc) is 2.61. The molecule has 0 bridgehead atoms. The quantitative estimate of drug-likeness (QED) is 0.513. The van der Waals surface area contributed by atoms with Crippen LogP contribution in [0, 0.1) is 0 Å². The Morgan fingerprint density at radius 1 is 1.23 bits per heavy atom. The molecule has 0 radical (unpaired) electrons. The number of carbonyl (C=O) groups is 1. The van der Waals surface area contributed by atoms with Crippen LogP contribution in [0.2, 0.25) is 0 Å². The van der Waals surface area contributed by atoms with Crippen molar-refractivity contribution in [2.24, 2.45) is 11.5 Å². The van der Waals surface area contributed by atoms with Crippen LogP contribution in [0.4, 0.5) is 11.5 Å². The normalized spacial score (nSPS) is 15.1. The van der Waals surface area contributed by atoms with Gasteiger partial charge in [-0.25, -0.2) is 0 Å². The molecule has 146 valence electrons. The summed E-state index contributed by atoms with van der Waals surface area (Å²) in [6, 6.07) is 3.89. The van der Waals surface area contributed by atoms with E-state index < -0.39 is 5.91 Å². The number of carbonyl (C=O) groups excluding carboxylic acids is 1. The Labute approximate surface area is 154 Å². The maximum Gasteiger partial charge on any atom is 0.236 e. The molecule has 2 heterocycles. The third-order valence-corrected chi connectivity index (χ3v) is 4.17. The number of amides is 1. The average molecular weight is 366 g/mol. The van der Waals surface area contributed by atoms with Crippen LogP contribution < -0.4 is 26.0 Å². The molecule has 2 rings (SSSR count). The first-order valence-corrected chi connectivity index (χ1v) is 8.85. The molecule has 4 N–H and O–H groups in total. The van der Waals surface area contributed by atoms with Gasteiger partial charge in [-0.05, 0) is 7.05 Å². The van der Waals surface area contributed by atoms with E-state index >= 15 is 0 Å². The Kier molecular flexibility index (Phi) is 7.89. The number of aromatic nitrogens is 1. The van der Waals surface area contributed by atoms with E-state index in [4.69, 9.17) is 20.9 Å². The van der Waals surface area contributed by atoms with Crippen LogP contribution in [0.15, 0.2) is 12.1 Å². The standard InChI is InChI=1S/C17H30N6O3/c1-21-4-6-23(7-5-21)14-11-16(22(2)13-15(19)24)20-17(12-14)26-10-9-25-8-3-18/h11-12H,3-10,13,18H2,1-2H3,(H2,19,24). The highest BCUT2D eigenvalue weighted by Gasteiger charge is 2.18. The molecule has 1 aromatic heterocycles. The molecule has 26 heavy (non-hydrogen) atoms. The van der Waals surface area contributed by atoms with E-state index in [1.807, 2.05) is 12.1 Å². The largest absolute Gasteiger partial charge is 0.475 e. The fourth-order valence-corrected chi connectivity index (χ4v) is 2.70. The smallest absolute Gasteiger partial charge is 0.236 e. The van der Waals surface area contributed by atoms with E-state index in [0.717, 1.165) is 31.9 Å². The van der Waals surface area contributed by atoms with Gasteiger partial charge in [0.25, 0.3) is 0 Å². The Morgan fingerprint density at radius 2 is 1.96 bits per heavy atom. The minimum absolute atomic E-state index is 0.0955. The molecule has 0 spiro atoms. The number of hydrogen-bond donors (Lipinski definition) is 2. The van der Waals surface area contributed by atoms with Crippen LogP contribution in [0.1, 0.15) is 0 Å². The lowest BCUT2D eigenvalue weighted by Gasteiger charge is -2.34. The van der Waals surface area contributed by atoms with Gasteiger partial charge in [-0.15, -0.1) is 0 Å². The first-order chi connectivity index (χ1) is 12.5. The maximum absolute atomic E-state index is 11.2. The summed E-state index contributed by atoms with van der Waals surface area (Å²) in [6.45, 7) is 5.78. The van der Waals surface area contributed by atoms with E-state index in [1.54, 1.807) is 11.9 Å². The summed E-state index contributed by atoms with van der Waals surface area (Å²) in [7, 11) is 3.90. The number of primary amides is 1. The van der Waals surface area contributed by atoms with Crippen molar-refractivity contribution in [3.8, 4) is 5.88 Å². The summed E-state index contributed by atoms with van der Waals surface area (Å²) >= 11 is 0. The molecular formula is C17H30N6O3. The Balaban J connectivity index is 2.11. The summed E-state index contributed by atoms with van der Waals surface area (Å²) < 4.78 is 11.1. The molecular weight excluding hydrogens is 336 g/mol. The summed E-state index contributed by atoms with van der Waals surface area (Å²) in [5.41, 5.74) is 11.7. The number of nitrogens with zero attached hydrogens (tertiary/aromatic N) is 4. The molecule has 0 aliphatic carbocycles. The molecule has 1 fully saturated rings. The van der Waals surface area contributed by atoms with Gasteiger partial charge < -0.3 is 35.6 Å². The highest BCUT2D eigenvalue weighted by molar-refractivity contribution is 5.79. The van der Waals surface area contributed by atoms with Crippen molar-refractivity contribution in [2.75, 3.05) is 83.0 Å². The van der Waals surface area contributed by atoms with Gasteiger partial charge in [0.15, 0.2) is 0 Å². The number of anilines is 2. The van der Waals surface area contributed by atoms with Crippen LogP contribution in [0.25, 0.3) is 0 Å². The molecule has 0 unspecified atom stereocenters. The van der Waals surface area contributed by atoms with Crippen LogP contribution >= 0.6 is 0 Å². The predicted octanol–water partition coefficient (Wildman–Crippen LogP) is -0.891. The lowest BCUT2D eigenvalue weighted by molar-refractivity contribution is -0.116. The lowest BCUT2D eigenvalue weighted by atomic mass is 10.2. The SMILES string of the molecule is CN1CCN(c2cc(OCCOCCN)nc(N(C)CC(N)=O)c2)CC1. The molecule has 1 saturated heterocycles. The fraction of sp³-hybridized carbons (Fsp3) is 0.647. The Bertz CT molecular complexity index is 578. The van der Waals surface area contributed by atoms with E-state index in [1.165, 1.54) is 0 Å². The van der Waals surface area contributed by atoms with Crippen LogP contribution in [-0.2, 0) is 9.53 Å². The molecule has 1 aliphatic heterocycles. The van der Waals surface area contributed by atoms with Crippen LogP contribution in [0.3, 0.4) is 0 Å². The number of likely N-dealkylation sites (N-methyl/N-ethyl adjacent to an activating group) is 2. The summed E-state index contributed by atoms with van der Waals surface area (Å²) in [5, 5.41) is 0. The van der Waals surface area contributed by atoms with E-state index in [9.17, 15) is 4.79 Å². The molecule has 0 saturated carbocycles.